The van der Waals surface area contributed by atoms with E-state index in [4.69, 9.17) is 5.73 Å². The van der Waals surface area contributed by atoms with E-state index in [1.165, 1.54) is 23.6 Å². The summed E-state index contributed by atoms with van der Waals surface area (Å²) in [5.74, 6) is 0.506. The van der Waals surface area contributed by atoms with Crippen molar-refractivity contribution >= 4 is 10.0 Å². The minimum absolute atomic E-state index is 0.355. The quantitative estimate of drug-likeness (QED) is 0.907. The topological polar surface area (TPSA) is 63.4 Å². The van der Waals surface area contributed by atoms with E-state index in [1.807, 2.05) is 0 Å². The molecule has 2 rings (SSSR count). The summed E-state index contributed by atoms with van der Waals surface area (Å²) in [4.78, 5) is 0.355. The van der Waals surface area contributed by atoms with Crippen molar-refractivity contribution < 1.29 is 8.42 Å². The third-order valence-electron chi connectivity index (χ3n) is 4.11. The molecular formula is C15H24N2O2S. The van der Waals surface area contributed by atoms with Crippen molar-refractivity contribution in [1.29, 1.82) is 0 Å². The van der Waals surface area contributed by atoms with Crippen LogP contribution >= 0.6 is 0 Å². The van der Waals surface area contributed by atoms with Gasteiger partial charge >= 0.3 is 0 Å². The molecule has 2 N–H and O–H groups in total. The van der Waals surface area contributed by atoms with Gasteiger partial charge < -0.3 is 5.73 Å². The van der Waals surface area contributed by atoms with Gasteiger partial charge in [0.2, 0.25) is 10.0 Å². The zero-order valence-electron chi connectivity index (χ0n) is 12.1. The van der Waals surface area contributed by atoms with E-state index in [0.717, 1.165) is 18.4 Å². The third-order valence-corrected chi connectivity index (χ3v) is 5.94. The first kappa shape index (κ1) is 15.5. The molecule has 112 valence electrons. The van der Waals surface area contributed by atoms with Gasteiger partial charge in [-0.15, -0.1) is 0 Å². The van der Waals surface area contributed by atoms with E-state index in [0.29, 0.717) is 23.9 Å². The highest BCUT2D eigenvalue weighted by Gasteiger charge is 2.24. The summed E-state index contributed by atoms with van der Waals surface area (Å²) in [5, 5.41) is 0. The van der Waals surface area contributed by atoms with Crippen molar-refractivity contribution in [1.82, 2.24) is 4.31 Å². The molecule has 4 nitrogen and oxygen atoms in total. The van der Waals surface area contributed by atoms with Gasteiger partial charge in [0, 0.05) is 20.1 Å². The van der Waals surface area contributed by atoms with Gasteiger partial charge in [-0.1, -0.05) is 31.4 Å². The molecule has 0 atom stereocenters. The second-order valence-electron chi connectivity index (χ2n) is 5.64. The second-order valence-corrected chi connectivity index (χ2v) is 7.68. The van der Waals surface area contributed by atoms with Crippen molar-refractivity contribution in [2.45, 2.75) is 43.5 Å². The van der Waals surface area contributed by atoms with Crippen molar-refractivity contribution in [3.63, 3.8) is 0 Å². The summed E-state index contributed by atoms with van der Waals surface area (Å²) in [6.45, 7) is 1.05. The Kier molecular flexibility index (Phi) is 5.18. The van der Waals surface area contributed by atoms with Crippen molar-refractivity contribution in [2.24, 2.45) is 11.7 Å². The van der Waals surface area contributed by atoms with Crippen LogP contribution in [0.3, 0.4) is 0 Å². The fourth-order valence-corrected chi connectivity index (χ4v) is 4.06. The molecular weight excluding hydrogens is 272 g/mol. The van der Waals surface area contributed by atoms with Gasteiger partial charge in [0.1, 0.15) is 0 Å². The largest absolute Gasteiger partial charge is 0.326 e. The third kappa shape index (κ3) is 3.59. The Balaban J connectivity index is 2.07. The van der Waals surface area contributed by atoms with Gasteiger partial charge in [0.25, 0.3) is 0 Å². The Morgan fingerprint density at radius 1 is 1.15 bits per heavy atom. The maximum absolute atomic E-state index is 12.5. The predicted octanol–water partition coefficient (Wildman–Crippen LogP) is 2.35. The molecule has 0 bridgehead atoms. The van der Waals surface area contributed by atoms with E-state index in [-0.39, 0.29) is 0 Å². The normalized spacial score (nSPS) is 17.6. The molecule has 0 saturated heterocycles. The molecule has 1 aromatic rings. The molecule has 0 radical (unpaired) electrons. The molecule has 5 heteroatoms. The lowest BCUT2D eigenvalue weighted by molar-refractivity contribution is 0.300. The molecule has 1 saturated carbocycles. The highest BCUT2D eigenvalue weighted by atomic mass is 32.2. The maximum Gasteiger partial charge on any atom is 0.242 e. The van der Waals surface area contributed by atoms with Gasteiger partial charge in [-0.2, -0.15) is 0 Å². The first-order valence-corrected chi connectivity index (χ1v) is 8.73. The van der Waals surface area contributed by atoms with Crippen LogP contribution in [-0.2, 0) is 16.6 Å². The minimum Gasteiger partial charge on any atom is -0.326 e. The molecule has 0 amide bonds. The maximum atomic E-state index is 12.5. The van der Waals surface area contributed by atoms with Crippen LogP contribution in [0.15, 0.2) is 29.2 Å². The Hall–Kier alpha value is -0.910. The Labute approximate surface area is 122 Å². The van der Waals surface area contributed by atoms with Gasteiger partial charge in [-0.05, 0) is 36.5 Å². The zero-order valence-corrected chi connectivity index (χ0v) is 12.9. The lowest BCUT2D eigenvalue weighted by Gasteiger charge is -2.26. The summed E-state index contributed by atoms with van der Waals surface area (Å²) < 4.78 is 26.5. The van der Waals surface area contributed by atoms with Crippen LogP contribution in [0.4, 0.5) is 0 Å². The van der Waals surface area contributed by atoms with E-state index < -0.39 is 10.0 Å². The highest BCUT2D eigenvalue weighted by molar-refractivity contribution is 7.89. The van der Waals surface area contributed by atoms with Crippen LogP contribution in [-0.4, -0.2) is 26.3 Å². The van der Waals surface area contributed by atoms with Crippen LogP contribution in [0.1, 0.15) is 37.7 Å². The van der Waals surface area contributed by atoms with E-state index >= 15 is 0 Å². The van der Waals surface area contributed by atoms with Crippen LogP contribution in [0, 0.1) is 5.92 Å². The first-order chi connectivity index (χ1) is 9.54. The number of rotatable bonds is 5. The van der Waals surface area contributed by atoms with Crippen LogP contribution in [0.2, 0.25) is 0 Å². The zero-order chi connectivity index (χ0) is 14.6. The summed E-state index contributed by atoms with van der Waals surface area (Å²) in [7, 11) is -1.69. The lowest BCUT2D eigenvalue weighted by Crippen LogP contribution is -2.32. The molecule has 0 heterocycles. The van der Waals surface area contributed by atoms with Gasteiger partial charge in [-0.3, -0.25) is 0 Å². The molecule has 0 unspecified atom stereocenters. The molecule has 1 aromatic carbocycles. The predicted molar refractivity (Wildman–Crippen MR) is 80.7 cm³/mol. The van der Waals surface area contributed by atoms with Gasteiger partial charge in [0.15, 0.2) is 0 Å². The summed E-state index contributed by atoms with van der Waals surface area (Å²) in [6.07, 6.45) is 6.03. The number of hydrogen-bond acceptors (Lipinski definition) is 3. The fraction of sp³-hybridized carbons (Fsp3) is 0.600. The monoisotopic (exact) mass is 296 g/mol. The molecule has 0 aromatic heterocycles. The van der Waals surface area contributed by atoms with Gasteiger partial charge in [-0.25, -0.2) is 12.7 Å². The Bertz CT molecular complexity index is 519. The molecule has 1 aliphatic carbocycles. The van der Waals surface area contributed by atoms with Crippen LogP contribution < -0.4 is 5.73 Å². The summed E-state index contributed by atoms with van der Waals surface area (Å²) in [5.41, 5.74) is 6.48. The number of nitrogens with zero attached hydrogens (tertiary/aromatic N) is 1. The summed E-state index contributed by atoms with van der Waals surface area (Å²) >= 11 is 0. The van der Waals surface area contributed by atoms with E-state index in [9.17, 15) is 8.42 Å². The number of benzene rings is 1. The van der Waals surface area contributed by atoms with E-state index in [1.54, 1.807) is 31.3 Å². The standard InChI is InChI=1S/C15H24N2O2S/c1-17(12-14-5-3-2-4-6-14)20(18,19)15-9-7-13(11-16)8-10-15/h7-10,14H,2-6,11-12,16H2,1H3. The SMILES string of the molecule is CN(CC1CCCCC1)S(=O)(=O)c1ccc(CN)cc1. The highest BCUT2D eigenvalue weighted by Crippen LogP contribution is 2.26. The van der Waals surface area contributed by atoms with Crippen molar-refractivity contribution in [3.05, 3.63) is 29.8 Å². The lowest BCUT2D eigenvalue weighted by atomic mass is 9.89. The van der Waals surface area contributed by atoms with Gasteiger partial charge in [0.05, 0.1) is 4.90 Å². The molecule has 0 spiro atoms. The first-order valence-electron chi connectivity index (χ1n) is 7.29. The molecule has 1 fully saturated rings. The fourth-order valence-electron chi connectivity index (χ4n) is 2.81. The van der Waals surface area contributed by atoms with Crippen molar-refractivity contribution in [3.8, 4) is 0 Å². The molecule has 1 aliphatic rings. The number of nitrogens with two attached hydrogens (primary N) is 1. The van der Waals surface area contributed by atoms with E-state index in [2.05, 4.69) is 0 Å². The smallest absolute Gasteiger partial charge is 0.242 e. The second kappa shape index (κ2) is 6.70. The molecule has 20 heavy (non-hydrogen) atoms. The van der Waals surface area contributed by atoms with Crippen LogP contribution in [0.25, 0.3) is 0 Å². The average Bonchev–Trinajstić information content (AvgIpc) is 2.48. The number of hydrogen-bond donors (Lipinski definition) is 1. The van der Waals surface area contributed by atoms with Crippen LogP contribution in [0.5, 0.6) is 0 Å². The Morgan fingerprint density at radius 2 is 1.75 bits per heavy atom. The number of sulfonamides is 1. The Morgan fingerprint density at radius 3 is 2.30 bits per heavy atom. The minimum atomic E-state index is -3.37. The van der Waals surface area contributed by atoms with Crippen molar-refractivity contribution in [2.75, 3.05) is 13.6 Å². The average molecular weight is 296 g/mol. The summed E-state index contributed by atoms with van der Waals surface area (Å²) in [6, 6.07) is 6.85. The molecule has 0 aliphatic heterocycles.